The van der Waals surface area contributed by atoms with Crippen molar-refractivity contribution in [2.45, 2.75) is 32.2 Å². The quantitative estimate of drug-likeness (QED) is 0.248. The third-order valence-electron chi connectivity index (χ3n) is 3.18. The fourth-order valence-corrected chi connectivity index (χ4v) is 2.02. The molecule has 0 aromatic heterocycles. The second-order valence-corrected chi connectivity index (χ2v) is 5.05. The van der Waals surface area contributed by atoms with Gasteiger partial charge in [-0.25, -0.2) is 4.79 Å². The van der Waals surface area contributed by atoms with Gasteiger partial charge >= 0.3 is 6.16 Å². The standard InChI is InChI=1S/C16H19NO7/c1-2-3-4-5-15-21-10-14(23-15)11-22-16(18)24-13-8-6-12(7-9-13)17(19)20/h3-4,6-9,14-15H,2,5,10-11H2,1H3. The van der Waals surface area contributed by atoms with Crippen LogP contribution in [0.5, 0.6) is 5.75 Å². The van der Waals surface area contributed by atoms with E-state index >= 15 is 0 Å². The van der Waals surface area contributed by atoms with Crippen molar-refractivity contribution in [2.24, 2.45) is 0 Å². The van der Waals surface area contributed by atoms with E-state index in [9.17, 15) is 14.9 Å². The number of rotatable bonds is 7. The molecule has 2 atom stereocenters. The predicted molar refractivity (Wildman–Crippen MR) is 83.7 cm³/mol. The van der Waals surface area contributed by atoms with Gasteiger partial charge in [-0.3, -0.25) is 10.1 Å². The highest BCUT2D eigenvalue weighted by atomic mass is 16.8. The Hall–Kier alpha value is -2.45. The van der Waals surface area contributed by atoms with E-state index in [0.29, 0.717) is 13.0 Å². The number of nitro groups is 1. The Bertz CT molecular complexity index is 585. The van der Waals surface area contributed by atoms with Crippen molar-refractivity contribution in [1.29, 1.82) is 0 Å². The molecule has 0 radical (unpaired) electrons. The number of nitrogens with zero attached hydrogens (tertiary/aromatic N) is 1. The Morgan fingerprint density at radius 1 is 1.38 bits per heavy atom. The average Bonchev–Trinajstić information content (AvgIpc) is 3.02. The SMILES string of the molecule is CCC=CCC1OCC(COC(=O)Oc2ccc([N+](=O)[O-])cc2)O1. The third-order valence-corrected chi connectivity index (χ3v) is 3.18. The molecule has 1 aromatic rings. The fraction of sp³-hybridized carbons (Fsp3) is 0.438. The lowest BCUT2D eigenvalue weighted by Gasteiger charge is -2.10. The van der Waals surface area contributed by atoms with E-state index in [-0.39, 0.29) is 30.4 Å². The van der Waals surface area contributed by atoms with E-state index in [4.69, 9.17) is 18.9 Å². The van der Waals surface area contributed by atoms with Crippen LogP contribution in [0.15, 0.2) is 36.4 Å². The van der Waals surface area contributed by atoms with Gasteiger partial charge < -0.3 is 18.9 Å². The lowest BCUT2D eigenvalue weighted by atomic mass is 10.3. The van der Waals surface area contributed by atoms with Crippen molar-refractivity contribution in [3.05, 3.63) is 46.5 Å². The molecule has 24 heavy (non-hydrogen) atoms. The van der Waals surface area contributed by atoms with Crippen LogP contribution >= 0.6 is 0 Å². The maximum absolute atomic E-state index is 11.6. The normalized spacial score (nSPS) is 20.2. The Balaban J connectivity index is 1.70. The summed E-state index contributed by atoms with van der Waals surface area (Å²) in [4.78, 5) is 21.6. The van der Waals surface area contributed by atoms with Crippen molar-refractivity contribution in [2.75, 3.05) is 13.2 Å². The molecule has 2 rings (SSSR count). The number of hydrogen-bond acceptors (Lipinski definition) is 7. The van der Waals surface area contributed by atoms with Crippen LogP contribution in [0.2, 0.25) is 0 Å². The number of allylic oxidation sites excluding steroid dienone is 1. The van der Waals surface area contributed by atoms with E-state index in [1.807, 2.05) is 19.1 Å². The molecule has 0 amide bonds. The summed E-state index contributed by atoms with van der Waals surface area (Å²) in [7, 11) is 0. The van der Waals surface area contributed by atoms with E-state index in [1.165, 1.54) is 24.3 Å². The summed E-state index contributed by atoms with van der Waals surface area (Å²) in [6, 6.07) is 5.13. The molecule has 1 saturated heterocycles. The fourth-order valence-electron chi connectivity index (χ4n) is 2.02. The zero-order valence-corrected chi connectivity index (χ0v) is 13.3. The number of carbonyl (C=O) groups is 1. The second-order valence-electron chi connectivity index (χ2n) is 5.05. The molecule has 1 fully saturated rings. The minimum absolute atomic E-state index is 0.0137. The monoisotopic (exact) mass is 337 g/mol. The molecule has 1 aliphatic rings. The first-order valence-corrected chi connectivity index (χ1v) is 7.59. The zero-order valence-electron chi connectivity index (χ0n) is 13.3. The molecule has 1 aliphatic heterocycles. The van der Waals surface area contributed by atoms with Gasteiger partial charge in [0.15, 0.2) is 6.29 Å². The molecule has 0 N–H and O–H groups in total. The van der Waals surface area contributed by atoms with Crippen LogP contribution < -0.4 is 4.74 Å². The average molecular weight is 337 g/mol. The van der Waals surface area contributed by atoms with Gasteiger partial charge in [0.05, 0.1) is 11.5 Å². The summed E-state index contributed by atoms with van der Waals surface area (Å²) in [5.41, 5.74) is -0.0876. The molecule has 8 heteroatoms. The van der Waals surface area contributed by atoms with Gasteiger partial charge in [0, 0.05) is 18.6 Å². The third kappa shape index (κ3) is 5.64. The first kappa shape index (κ1) is 17.9. The predicted octanol–water partition coefficient (Wildman–Crippen LogP) is 3.21. The first-order chi connectivity index (χ1) is 11.6. The lowest BCUT2D eigenvalue weighted by Crippen LogP contribution is -2.23. The summed E-state index contributed by atoms with van der Waals surface area (Å²) < 4.78 is 20.9. The Kier molecular flexibility index (Phi) is 6.71. The molecule has 0 aliphatic carbocycles. The summed E-state index contributed by atoms with van der Waals surface area (Å²) in [5.74, 6) is 0.164. The number of non-ortho nitro benzene ring substituents is 1. The summed E-state index contributed by atoms with van der Waals surface area (Å²) in [6.45, 7) is 2.40. The number of benzene rings is 1. The highest BCUT2D eigenvalue weighted by Gasteiger charge is 2.26. The van der Waals surface area contributed by atoms with Gasteiger partial charge in [-0.05, 0) is 18.6 Å². The molecule has 130 valence electrons. The Morgan fingerprint density at radius 2 is 2.12 bits per heavy atom. The minimum Gasteiger partial charge on any atom is -0.431 e. The largest absolute Gasteiger partial charge is 0.513 e. The van der Waals surface area contributed by atoms with Gasteiger partial charge in [-0.2, -0.15) is 0 Å². The van der Waals surface area contributed by atoms with Crippen LogP contribution in [0.1, 0.15) is 19.8 Å². The van der Waals surface area contributed by atoms with Gasteiger partial charge in [0.25, 0.3) is 5.69 Å². The number of nitro benzene ring substituents is 1. The lowest BCUT2D eigenvalue weighted by molar-refractivity contribution is -0.384. The highest BCUT2D eigenvalue weighted by molar-refractivity contribution is 5.64. The van der Waals surface area contributed by atoms with E-state index in [1.54, 1.807) is 0 Å². The van der Waals surface area contributed by atoms with Crippen molar-refractivity contribution in [3.8, 4) is 5.75 Å². The molecular weight excluding hydrogens is 318 g/mol. The topological polar surface area (TPSA) is 97.1 Å². The Morgan fingerprint density at radius 3 is 2.79 bits per heavy atom. The van der Waals surface area contributed by atoms with Gasteiger partial charge in [0.2, 0.25) is 0 Å². The van der Waals surface area contributed by atoms with E-state index in [2.05, 4.69) is 0 Å². The van der Waals surface area contributed by atoms with Crippen LogP contribution in [-0.4, -0.2) is 36.7 Å². The van der Waals surface area contributed by atoms with Gasteiger partial charge in [-0.1, -0.05) is 19.1 Å². The summed E-state index contributed by atoms with van der Waals surface area (Å²) in [6.07, 6.45) is 4.04. The molecule has 0 bridgehead atoms. The molecule has 0 spiro atoms. The number of ether oxygens (including phenoxy) is 4. The van der Waals surface area contributed by atoms with Gasteiger partial charge in [0.1, 0.15) is 18.5 Å². The molecular formula is C16H19NO7. The smallest absolute Gasteiger partial charge is 0.431 e. The highest BCUT2D eigenvalue weighted by Crippen LogP contribution is 2.18. The van der Waals surface area contributed by atoms with Crippen LogP contribution in [0.4, 0.5) is 10.5 Å². The van der Waals surface area contributed by atoms with Crippen LogP contribution in [0.3, 0.4) is 0 Å². The number of carbonyl (C=O) groups excluding carboxylic acids is 1. The van der Waals surface area contributed by atoms with E-state index in [0.717, 1.165) is 6.42 Å². The van der Waals surface area contributed by atoms with Crippen molar-refractivity contribution in [1.82, 2.24) is 0 Å². The van der Waals surface area contributed by atoms with Crippen LogP contribution in [-0.2, 0) is 14.2 Å². The maximum atomic E-state index is 11.6. The van der Waals surface area contributed by atoms with Crippen LogP contribution in [0.25, 0.3) is 0 Å². The zero-order chi connectivity index (χ0) is 17.4. The van der Waals surface area contributed by atoms with Crippen molar-refractivity contribution in [3.63, 3.8) is 0 Å². The molecule has 8 nitrogen and oxygen atoms in total. The van der Waals surface area contributed by atoms with Gasteiger partial charge in [-0.15, -0.1) is 0 Å². The Labute approximate surface area is 139 Å². The maximum Gasteiger partial charge on any atom is 0.513 e. The minimum atomic E-state index is -0.901. The molecule has 1 heterocycles. The first-order valence-electron chi connectivity index (χ1n) is 7.59. The molecule has 2 unspecified atom stereocenters. The van der Waals surface area contributed by atoms with Crippen molar-refractivity contribution >= 4 is 11.8 Å². The summed E-state index contributed by atoms with van der Waals surface area (Å²) >= 11 is 0. The molecule has 1 aromatic carbocycles. The van der Waals surface area contributed by atoms with Crippen molar-refractivity contribution < 1.29 is 28.7 Å². The van der Waals surface area contributed by atoms with E-state index < -0.39 is 11.1 Å². The summed E-state index contributed by atoms with van der Waals surface area (Å²) in [5, 5.41) is 10.5. The number of hydrogen-bond donors (Lipinski definition) is 0. The van der Waals surface area contributed by atoms with Crippen LogP contribution in [0, 0.1) is 10.1 Å². The second kappa shape index (κ2) is 8.99. The molecule has 0 saturated carbocycles.